The molecule has 1 heterocycles. The van der Waals surface area contributed by atoms with Crippen molar-refractivity contribution in [3.63, 3.8) is 0 Å². The van der Waals surface area contributed by atoms with Gasteiger partial charge in [-0.15, -0.1) is 0 Å². The van der Waals surface area contributed by atoms with Crippen LogP contribution in [0.15, 0.2) is 46.9 Å². The monoisotopic (exact) mass is 381 g/mol. The summed E-state index contributed by atoms with van der Waals surface area (Å²) >= 11 is 9.51. The van der Waals surface area contributed by atoms with Gasteiger partial charge in [-0.3, -0.25) is 4.79 Å². The molecule has 0 aromatic heterocycles. The summed E-state index contributed by atoms with van der Waals surface area (Å²) in [6, 6.07) is 12.4. The number of fused-ring (bicyclic) bond motifs is 1. The number of hydrogen-bond acceptors (Lipinski definition) is 3. The number of nitrogens with zero attached hydrogens (tertiary/aromatic N) is 1. The van der Waals surface area contributed by atoms with E-state index in [4.69, 9.17) is 16.3 Å². The molecule has 22 heavy (non-hydrogen) atoms. The molecule has 2 aromatic carbocycles. The van der Waals surface area contributed by atoms with Crippen LogP contribution in [0.1, 0.15) is 10.4 Å². The first-order chi connectivity index (χ1) is 10.6. The van der Waals surface area contributed by atoms with Crippen molar-refractivity contribution in [3.8, 4) is 5.75 Å². The van der Waals surface area contributed by atoms with Crippen LogP contribution in [0.2, 0.25) is 5.02 Å². The van der Waals surface area contributed by atoms with Crippen molar-refractivity contribution < 1.29 is 14.6 Å². The second kappa shape index (κ2) is 6.28. The van der Waals surface area contributed by atoms with Crippen molar-refractivity contribution >= 4 is 39.1 Å². The van der Waals surface area contributed by atoms with Gasteiger partial charge in [-0.1, -0.05) is 39.7 Å². The number of halogens is 2. The van der Waals surface area contributed by atoms with E-state index in [0.717, 1.165) is 4.47 Å². The zero-order valence-electron chi connectivity index (χ0n) is 11.5. The number of anilines is 1. The Kier molecular flexibility index (Phi) is 4.38. The highest BCUT2D eigenvalue weighted by molar-refractivity contribution is 9.10. The number of carbonyl (C=O) groups is 1. The Hall–Kier alpha value is -1.56. The molecule has 0 radical (unpaired) electrons. The standard InChI is InChI=1S/C16H13BrClNO3/c17-10-5-6-13(18)12(7-10)16(21)19-8-11(9-20)22-15-4-2-1-3-14(15)19/h1-7,11,20H,8-9H2/t11-/m1/s1. The predicted molar refractivity (Wildman–Crippen MR) is 88.8 cm³/mol. The lowest BCUT2D eigenvalue weighted by atomic mass is 10.1. The molecular weight excluding hydrogens is 370 g/mol. The van der Waals surface area contributed by atoms with Gasteiger partial charge < -0.3 is 14.7 Å². The number of para-hydroxylation sites is 2. The van der Waals surface area contributed by atoms with Crippen LogP contribution in [-0.4, -0.2) is 30.3 Å². The molecule has 0 spiro atoms. The number of aliphatic hydroxyl groups is 1. The van der Waals surface area contributed by atoms with Crippen molar-refractivity contribution in [1.29, 1.82) is 0 Å². The summed E-state index contributed by atoms with van der Waals surface area (Å²) in [5.74, 6) is 0.354. The van der Waals surface area contributed by atoms with Crippen molar-refractivity contribution in [1.82, 2.24) is 0 Å². The highest BCUT2D eigenvalue weighted by Gasteiger charge is 2.30. The maximum Gasteiger partial charge on any atom is 0.260 e. The van der Waals surface area contributed by atoms with E-state index in [1.807, 2.05) is 18.2 Å². The molecule has 0 fully saturated rings. The average Bonchev–Trinajstić information content (AvgIpc) is 2.55. The lowest BCUT2D eigenvalue weighted by Gasteiger charge is -2.34. The van der Waals surface area contributed by atoms with Crippen molar-refractivity contribution in [3.05, 3.63) is 57.5 Å². The quantitative estimate of drug-likeness (QED) is 0.865. The van der Waals surface area contributed by atoms with Gasteiger partial charge in [0.15, 0.2) is 0 Å². The second-order valence-corrected chi connectivity index (χ2v) is 6.25. The van der Waals surface area contributed by atoms with Crippen LogP contribution >= 0.6 is 27.5 Å². The van der Waals surface area contributed by atoms with Gasteiger partial charge in [0.1, 0.15) is 11.9 Å². The molecule has 2 aromatic rings. The van der Waals surface area contributed by atoms with E-state index in [0.29, 0.717) is 22.0 Å². The number of aliphatic hydroxyl groups excluding tert-OH is 1. The van der Waals surface area contributed by atoms with E-state index in [1.165, 1.54) is 0 Å². The van der Waals surface area contributed by atoms with E-state index in [1.54, 1.807) is 29.2 Å². The van der Waals surface area contributed by atoms with Gasteiger partial charge in [0, 0.05) is 4.47 Å². The van der Waals surface area contributed by atoms with Gasteiger partial charge in [0.2, 0.25) is 0 Å². The van der Waals surface area contributed by atoms with Gasteiger partial charge in [-0.2, -0.15) is 0 Å². The van der Waals surface area contributed by atoms with Crippen LogP contribution < -0.4 is 9.64 Å². The van der Waals surface area contributed by atoms with Gasteiger partial charge in [0.25, 0.3) is 5.91 Å². The first-order valence-corrected chi connectivity index (χ1v) is 7.90. The minimum Gasteiger partial charge on any atom is -0.484 e. The molecule has 0 unspecified atom stereocenters. The van der Waals surface area contributed by atoms with Crippen LogP contribution in [0.5, 0.6) is 5.75 Å². The largest absolute Gasteiger partial charge is 0.484 e. The van der Waals surface area contributed by atoms with Crippen molar-refractivity contribution in [2.45, 2.75) is 6.10 Å². The Morgan fingerprint density at radius 3 is 2.91 bits per heavy atom. The minimum atomic E-state index is -0.454. The lowest BCUT2D eigenvalue weighted by molar-refractivity contribution is 0.0889. The minimum absolute atomic E-state index is 0.162. The highest BCUT2D eigenvalue weighted by atomic mass is 79.9. The zero-order chi connectivity index (χ0) is 15.7. The molecule has 1 atom stereocenters. The smallest absolute Gasteiger partial charge is 0.260 e. The van der Waals surface area contributed by atoms with Gasteiger partial charge in [0.05, 0.1) is 29.4 Å². The van der Waals surface area contributed by atoms with Gasteiger partial charge in [-0.05, 0) is 30.3 Å². The summed E-state index contributed by atoms with van der Waals surface area (Å²) in [6.07, 6.45) is -0.454. The van der Waals surface area contributed by atoms with Crippen LogP contribution in [0.25, 0.3) is 0 Å². The Morgan fingerprint density at radius 1 is 1.36 bits per heavy atom. The summed E-state index contributed by atoms with van der Waals surface area (Å²) in [7, 11) is 0. The fourth-order valence-corrected chi connectivity index (χ4v) is 2.95. The van der Waals surface area contributed by atoms with Crippen LogP contribution in [-0.2, 0) is 0 Å². The Bertz CT molecular complexity index is 722. The highest BCUT2D eigenvalue weighted by Crippen LogP contribution is 2.35. The maximum absolute atomic E-state index is 12.9. The molecular formula is C16H13BrClNO3. The van der Waals surface area contributed by atoms with Crippen molar-refractivity contribution in [2.24, 2.45) is 0 Å². The third-order valence-electron chi connectivity index (χ3n) is 3.44. The second-order valence-electron chi connectivity index (χ2n) is 4.93. The predicted octanol–water partition coefficient (Wildman–Crippen LogP) is 3.50. The fourth-order valence-electron chi connectivity index (χ4n) is 2.39. The van der Waals surface area contributed by atoms with E-state index < -0.39 is 6.10 Å². The molecule has 114 valence electrons. The molecule has 1 amide bonds. The third kappa shape index (κ3) is 2.84. The van der Waals surface area contributed by atoms with E-state index >= 15 is 0 Å². The number of hydrogen-bond donors (Lipinski definition) is 1. The molecule has 0 bridgehead atoms. The van der Waals surface area contributed by atoms with Crippen LogP contribution in [0.3, 0.4) is 0 Å². The van der Waals surface area contributed by atoms with Gasteiger partial charge >= 0.3 is 0 Å². The Labute approximate surface area is 141 Å². The van der Waals surface area contributed by atoms with Crippen LogP contribution in [0.4, 0.5) is 5.69 Å². The Balaban J connectivity index is 2.03. The molecule has 1 aliphatic rings. The average molecular weight is 383 g/mol. The number of carbonyl (C=O) groups excluding carboxylic acids is 1. The molecule has 6 heteroatoms. The summed E-state index contributed by atoms with van der Waals surface area (Å²) in [5.41, 5.74) is 1.08. The molecule has 0 aliphatic carbocycles. The molecule has 0 saturated carbocycles. The van der Waals surface area contributed by atoms with E-state index in [9.17, 15) is 9.90 Å². The van der Waals surface area contributed by atoms with E-state index in [-0.39, 0.29) is 19.1 Å². The molecule has 0 saturated heterocycles. The summed E-state index contributed by atoms with van der Waals surface area (Å²) in [5, 5.41) is 9.78. The van der Waals surface area contributed by atoms with Crippen LogP contribution in [0, 0.1) is 0 Å². The molecule has 3 rings (SSSR count). The topological polar surface area (TPSA) is 49.8 Å². The molecule has 1 aliphatic heterocycles. The zero-order valence-corrected chi connectivity index (χ0v) is 13.8. The maximum atomic E-state index is 12.9. The summed E-state index contributed by atoms with van der Waals surface area (Å²) < 4.78 is 6.44. The third-order valence-corrected chi connectivity index (χ3v) is 4.27. The Morgan fingerprint density at radius 2 is 2.14 bits per heavy atom. The normalized spacial score (nSPS) is 16.9. The molecule has 1 N–H and O–H groups in total. The van der Waals surface area contributed by atoms with Gasteiger partial charge in [-0.25, -0.2) is 0 Å². The number of amides is 1. The number of ether oxygens (including phenoxy) is 1. The molecule has 4 nitrogen and oxygen atoms in total. The number of rotatable bonds is 2. The first kappa shape index (κ1) is 15.3. The first-order valence-electron chi connectivity index (χ1n) is 6.73. The van der Waals surface area contributed by atoms with E-state index in [2.05, 4.69) is 15.9 Å². The number of benzene rings is 2. The summed E-state index contributed by atoms with van der Waals surface area (Å²) in [6.45, 7) is 0.111. The van der Waals surface area contributed by atoms with Crippen molar-refractivity contribution in [2.75, 3.05) is 18.1 Å². The lowest BCUT2D eigenvalue weighted by Crippen LogP contribution is -2.45. The summed E-state index contributed by atoms with van der Waals surface area (Å²) in [4.78, 5) is 14.5. The SMILES string of the molecule is O=C(c1cc(Br)ccc1Cl)N1C[C@H](CO)Oc2ccccc21. The fraction of sp³-hybridized carbons (Fsp3) is 0.188.